The highest BCUT2D eigenvalue weighted by Gasteiger charge is 2.21. The Hall–Kier alpha value is -7.16. The highest BCUT2D eigenvalue weighted by atomic mass is 15.0. The molecule has 0 bridgehead atoms. The summed E-state index contributed by atoms with van der Waals surface area (Å²) in [4.78, 5) is 0. The van der Waals surface area contributed by atoms with Crippen LogP contribution < -0.4 is 0 Å². The lowest BCUT2D eigenvalue weighted by Gasteiger charge is -2.13. The van der Waals surface area contributed by atoms with E-state index in [-0.39, 0.29) is 0 Å². The summed E-state index contributed by atoms with van der Waals surface area (Å²) in [5.74, 6) is 0. The van der Waals surface area contributed by atoms with Crippen LogP contribution in [0.25, 0.3) is 99.1 Å². The fourth-order valence-electron chi connectivity index (χ4n) is 9.40. The summed E-state index contributed by atoms with van der Waals surface area (Å²) >= 11 is 0. The third-order valence-electron chi connectivity index (χ3n) is 11.9. The van der Waals surface area contributed by atoms with Gasteiger partial charge in [-0.1, -0.05) is 140 Å². The predicted molar refractivity (Wildman–Crippen MR) is 232 cm³/mol. The van der Waals surface area contributed by atoms with E-state index >= 15 is 0 Å². The van der Waals surface area contributed by atoms with Gasteiger partial charge in [-0.25, -0.2) is 0 Å². The molecule has 11 aromatic rings. The van der Waals surface area contributed by atoms with Gasteiger partial charge in [0.1, 0.15) is 0 Å². The van der Waals surface area contributed by atoms with Gasteiger partial charge < -0.3 is 9.13 Å². The molecule has 1 aliphatic rings. The fourth-order valence-corrected chi connectivity index (χ4v) is 9.40. The number of fused-ring (bicyclic) bond motifs is 10. The molecule has 0 spiro atoms. The molecule has 2 heterocycles. The van der Waals surface area contributed by atoms with Crippen LogP contribution in [0.4, 0.5) is 0 Å². The molecule has 0 radical (unpaired) electrons. The first-order valence-electron chi connectivity index (χ1n) is 19.1. The minimum Gasteiger partial charge on any atom is -0.309 e. The molecule has 0 saturated heterocycles. The van der Waals surface area contributed by atoms with E-state index in [0.717, 1.165) is 6.42 Å². The van der Waals surface area contributed by atoms with Crippen LogP contribution in [0.1, 0.15) is 11.1 Å². The van der Waals surface area contributed by atoms with E-state index in [1.807, 2.05) is 0 Å². The molecule has 12 rings (SSSR count). The lowest BCUT2D eigenvalue weighted by molar-refractivity contribution is 1.18. The molecule has 1 aliphatic carbocycles. The molecular weight excluding hydrogens is 665 g/mol. The van der Waals surface area contributed by atoms with Gasteiger partial charge in [-0.2, -0.15) is 0 Å². The van der Waals surface area contributed by atoms with Crippen LogP contribution in [-0.4, -0.2) is 9.13 Å². The van der Waals surface area contributed by atoms with Gasteiger partial charge >= 0.3 is 0 Å². The standard InChI is InChI=1S/C53H34N2/c1-2-12-40(13-3-1)54-50-19-8-6-15-45(50)47-27-24-36(32-52(47)54)37-25-28-48-46-16-7-9-20-51(46)55(53(48)33-37)41-26-23-34-29-39(22-21-35(34)30-41)43-17-10-18-44-42-14-5-4-11-38(42)31-49(43)44/h1-30,32-33H,31H2. The normalized spacial score (nSPS) is 12.3. The van der Waals surface area contributed by atoms with E-state index in [2.05, 4.69) is 203 Å². The topological polar surface area (TPSA) is 9.86 Å². The SMILES string of the molecule is c1ccc(-n2c3ccccc3c3ccc(-c4ccc5c6ccccc6n(-c6ccc7cc(-c8cccc9c8Cc8ccccc8-9)ccc7c6)c5c4)cc32)cc1. The van der Waals surface area contributed by atoms with Gasteiger partial charge in [0.05, 0.1) is 22.1 Å². The minimum absolute atomic E-state index is 0.985. The first-order valence-corrected chi connectivity index (χ1v) is 19.1. The largest absolute Gasteiger partial charge is 0.309 e. The van der Waals surface area contributed by atoms with Crippen LogP contribution in [0.2, 0.25) is 0 Å². The maximum atomic E-state index is 2.45. The van der Waals surface area contributed by atoms with Gasteiger partial charge in [-0.15, -0.1) is 0 Å². The van der Waals surface area contributed by atoms with E-state index in [4.69, 9.17) is 0 Å². The number of rotatable bonds is 4. The Morgan fingerprint density at radius 1 is 0.309 bits per heavy atom. The van der Waals surface area contributed by atoms with Crippen LogP contribution in [-0.2, 0) is 6.42 Å². The van der Waals surface area contributed by atoms with Crippen molar-refractivity contribution < 1.29 is 0 Å². The fraction of sp³-hybridized carbons (Fsp3) is 0.0189. The van der Waals surface area contributed by atoms with Crippen LogP contribution >= 0.6 is 0 Å². The molecule has 0 aliphatic heterocycles. The lowest BCUT2D eigenvalue weighted by Crippen LogP contribution is -1.95. The maximum absolute atomic E-state index is 2.45. The molecule has 2 aromatic heterocycles. The van der Waals surface area contributed by atoms with E-state index in [1.54, 1.807) is 0 Å². The zero-order valence-electron chi connectivity index (χ0n) is 30.1. The number of para-hydroxylation sites is 3. The Labute approximate surface area is 318 Å². The first-order chi connectivity index (χ1) is 27.3. The zero-order valence-corrected chi connectivity index (χ0v) is 30.1. The van der Waals surface area contributed by atoms with Gasteiger partial charge in [-0.3, -0.25) is 0 Å². The average Bonchev–Trinajstić information content (AvgIpc) is 3.91. The molecule has 0 saturated carbocycles. The maximum Gasteiger partial charge on any atom is 0.0547 e. The van der Waals surface area contributed by atoms with Crippen molar-refractivity contribution in [3.8, 4) is 44.8 Å². The predicted octanol–water partition coefficient (Wildman–Crippen LogP) is 13.9. The third-order valence-corrected chi connectivity index (χ3v) is 11.9. The highest BCUT2D eigenvalue weighted by Crippen LogP contribution is 2.43. The van der Waals surface area contributed by atoms with Crippen molar-refractivity contribution in [3.63, 3.8) is 0 Å². The van der Waals surface area contributed by atoms with Crippen LogP contribution in [0.5, 0.6) is 0 Å². The summed E-state index contributed by atoms with van der Waals surface area (Å²) in [7, 11) is 0. The van der Waals surface area contributed by atoms with Crippen molar-refractivity contribution >= 4 is 54.4 Å². The average molecular weight is 699 g/mol. The minimum atomic E-state index is 0.985. The molecular formula is C53H34N2. The zero-order chi connectivity index (χ0) is 36.0. The Morgan fingerprint density at radius 3 is 1.60 bits per heavy atom. The van der Waals surface area contributed by atoms with Gasteiger partial charge in [0.25, 0.3) is 0 Å². The molecule has 55 heavy (non-hydrogen) atoms. The Kier molecular flexibility index (Phi) is 6.43. The summed E-state index contributed by atoms with van der Waals surface area (Å²) in [6.45, 7) is 0. The number of aromatic nitrogens is 2. The second kappa shape index (κ2) is 11.7. The van der Waals surface area contributed by atoms with Crippen molar-refractivity contribution in [2.75, 3.05) is 0 Å². The molecule has 0 fully saturated rings. The summed E-state index contributed by atoms with van der Waals surface area (Å²) in [6.07, 6.45) is 0.985. The van der Waals surface area contributed by atoms with Crippen molar-refractivity contribution in [2.45, 2.75) is 6.42 Å². The Morgan fingerprint density at radius 2 is 0.855 bits per heavy atom. The molecule has 0 unspecified atom stereocenters. The molecule has 2 heteroatoms. The number of nitrogens with zero attached hydrogens (tertiary/aromatic N) is 2. The van der Waals surface area contributed by atoms with E-state index in [1.165, 1.54) is 110 Å². The summed E-state index contributed by atoms with van der Waals surface area (Å²) in [5, 5.41) is 7.53. The molecule has 0 amide bonds. The first kappa shape index (κ1) is 30.3. The molecule has 2 nitrogen and oxygen atoms in total. The van der Waals surface area contributed by atoms with Crippen molar-refractivity contribution in [3.05, 3.63) is 205 Å². The molecule has 9 aromatic carbocycles. The molecule has 0 N–H and O–H groups in total. The van der Waals surface area contributed by atoms with Gasteiger partial charge in [0, 0.05) is 32.9 Å². The monoisotopic (exact) mass is 698 g/mol. The number of hydrogen-bond donors (Lipinski definition) is 0. The van der Waals surface area contributed by atoms with Crippen LogP contribution in [0, 0.1) is 0 Å². The smallest absolute Gasteiger partial charge is 0.0547 e. The van der Waals surface area contributed by atoms with Crippen molar-refractivity contribution in [1.29, 1.82) is 0 Å². The van der Waals surface area contributed by atoms with Crippen molar-refractivity contribution in [1.82, 2.24) is 9.13 Å². The molecule has 256 valence electrons. The highest BCUT2D eigenvalue weighted by molar-refractivity contribution is 6.12. The number of hydrogen-bond acceptors (Lipinski definition) is 0. The Balaban J connectivity index is 0.993. The second-order valence-electron chi connectivity index (χ2n) is 14.9. The van der Waals surface area contributed by atoms with E-state index in [0.29, 0.717) is 0 Å². The Bertz CT molecular complexity index is 3340. The lowest BCUT2D eigenvalue weighted by atomic mass is 9.94. The summed E-state index contributed by atoms with van der Waals surface area (Å²) in [6, 6.07) is 71.7. The van der Waals surface area contributed by atoms with E-state index in [9.17, 15) is 0 Å². The van der Waals surface area contributed by atoms with Crippen molar-refractivity contribution in [2.24, 2.45) is 0 Å². The van der Waals surface area contributed by atoms with E-state index < -0.39 is 0 Å². The second-order valence-corrected chi connectivity index (χ2v) is 14.9. The summed E-state index contributed by atoms with van der Waals surface area (Å²) in [5.41, 5.74) is 17.8. The summed E-state index contributed by atoms with van der Waals surface area (Å²) < 4.78 is 4.84. The molecule has 0 atom stereocenters. The number of benzene rings is 9. The van der Waals surface area contributed by atoms with Gasteiger partial charge in [0.2, 0.25) is 0 Å². The quantitative estimate of drug-likeness (QED) is 0.173. The third kappa shape index (κ3) is 4.55. The van der Waals surface area contributed by atoms with Crippen LogP contribution in [0.3, 0.4) is 0 Å². The van der Waals surface area contributed by atoms with Crippen LogP contribution in [0.15, 0.2) is 194 Å². The van der Waals surface area contributed by atoms with Gasteiger partial charge in [-0.05, 0) is 116 Å². The van der Waals surface area contributed by atoms with Gasteiger partial charge in [0.15, 0.2) is 0 Å².